The minimum Gasteiger partial charge on any atom is -0.493 e. The van der Waals surface area contributed by atoms with Crippen LogP contribution in [0.5, 0.6) is 5.75 Å². The summed E-state index contributed by atoms with van der Waals surface area (Å²) in [6.45, 7) is 2.58. The fourth-order valence-electron chi connectivity index (χ4n) is 1.50. The molecule has 6 heteroatoms. The van der Waals surface area contributed by atoms with Gasteiger partial charge in [-0.2, -0.15) is 5.10 Å². The molecule has 0 radical (unpaired) electrons. The van der Waals surface area contributed by atoms with Gasteiger partial charge in [-0.05, 0) is 47.7 Å². The van der Waals surface area contributed by atoms with E-state index in [-0.39, 0.29) is 0 Å². The van der Waals surface area contributed by atoms with E-state index in [9.17, 15) is 0 Å². The van der Waals surface area contributed by atoms with Crippen LogP contribution in [0.1, 0.15) is 6.92 Å². The number of halogens is 2. The van der Waals surface area contributed by atoms with Crippen molar-refractivity contribution in [1.29, 1.82) is 0 Å². The molecule has 0 aliphatic heterocycles. The smallest absolute Gasteiger partial charge is 0.159 e. The summed E-state index contributed by atoms with van der Waals surface area (Å²) < 4.78 is 7.49. The van der Waals surface area contributed by atoms with Crippen LogP contribution in [0, 0.1) is 3.57 Å². The summed E-state index contributed by atoms with van der Waals surface area (Å²) in [7, 11) is 0. The summed E-state index contributed by atoms with van der Waals surface area (Å²) in [4.78, 5) is 0. The molecule has 90 valence electrons. The Kier molecular flexibility index (Phi) is 3.93. The van der Waals surface area contributed by atoms with Crippen LogP contribution in [-0.2, 0) is 0 Å². The van der Waals surface area contributed by atoms with E-state index in [1.807, 2.05) is 25.1 Å². The van der Waals surface area contributed by atoms with E-state index >= 15 is 0 Å². The van der Waals surface area contributed by atoms with E-state index in [0.717, 1.165) is 25.0 Å². The molecule has 0 bridgehead atoms. The number of benzene rings is 1. The average molecular weight is 408 g/mol. The SMILES string of the molecule is CCOc1ccc(Br)cc1-c1[nH]nc(N)c1I. The number of rotatable bonds is 3. The lowest BCUT2D eigenvalue weighted by Crippen LogP contribution is -1.95. The molecule has 2 rings (SSSR count). The maximum Gasteiger partial charge on any atom is 0.159 e. The number of hydrogen-bond acceptors (Lipinski definition) is 3. The Hall–Kier alpha value is -0.760. The van der Waals surface area contributed by atoms with Gasteiger partial charge in [-0.1, -0.05) is 15.9 Å². The molecule has 0 saturated carbocycles. The van der Waals surface area contributed by atoms with Gasteiger partial charge in [0.2, 0.25) is 0 Å². The second kappa shape index (κ2) is 5.26. The minimum absolute atomic E-state index is 0.503. The topological polar surface area (TPSA) is 63.9 Å². The molecule has 17 heavy (non-hydrogen) atoms. The quantitative estimate of drug-likeness (QED) is 0.766. The summed E-state index contributed by atoms with van der Waals surface area (Å²) in [5.74, 6) is 1.32. The number of nitrogen functional groups attached to an aromatic ring is 1. The first-order valence-corrected chi connectivity index (χ1v) is 6.92. The van der Waals surface area contributed by atoms with E-state index in [4.69, 9.17) is 10.5 Å². The molecule has 1 aromatic carbocycles. The fraction of sp³-hybridized carbons (Fsp3) is 0.182. The van der Waals surface area contributed by atoms with Gasteiger partial charge in [0.15, 0.2) is 5.82 Å². The summed E-state index contributed by atoms with van der Waals surface area (Å²) in [5.41, 5.74) is 7.57. The number of anilines is 1. The van der Waals surface area contributed by atoms with Crippen LogP contribution in [0.2, 0.25) is 0 Å². The van der Waals surface area contributed by atoms with Crippen molar-refractivity contribution in [3.8, 4) is 17.0 Å². The van der Waals surface area contributed by atoms with Crippen LogP contribution in [-0.4, -0.2) is 16.8 Å². The number of hydrogen-bond donors (Lipinski definition) is 2. The molecule has 4 nitrogen and oxygen atoms in total. The first-order valence-electron chi connectivity index (χ1n) is 5.05. The number of ether oxygens (including phenoxy) is 1. The summed E-state index contributed by atoms with van der Waals surface area (Å²) >= 11 is 5.62. The van der Waals surface area contributed by atoms with Crippen molar-refractivity contribution in [2.75, 3.05) is 12.3 Å². The van der Waals surface area contributed by atoms with E-state index in [1.165, 1.54) is 0 Å². The molecule has 0 saturated heterocycles. The Balaban J connectivity index is 2.56. The zero-order valence-electron chi connectivity index (χ0n) is 9.13. The number of nitrogens with one attached hydrogen (secondary N) is 1. The average Bonchev–Trinajstić information content (AvgIpc) is 2.63. The van der Waals surface area contributed by atoms with E-state index in [0.29, 0.717) is 12.4 Å². The number of aromatic nitrogens is 2. The highest BCUT2D eigenvalue weighted by molar-refractivity contribution is 14.1. The molecule has 0 spiro atoms. The summed E-state index contributed by atoms with van der Waals surface area (Å²) in [6, 6.07) is 5.86. The van der Waals surface area contributed by atoms with Crippen molar-refractivity contribution in [3.63, 3.8) is 0 Å². The Bertz CT molecular complexity index is 542. The van der Waals surface area contributed by atoms with Crippen molar-refractivity contribution in [1.82, 2.24) is 10.2 Å². The monoisotopic (exact) mass is 407 g/mol. The van der Waals surface area contributed by atoms with Gasteiger partial charge in [-0.15, -0.1) is 0 Å². The first kappa shape index (κ1) is 12.7. The fourth-order valence-corrected chi connectivity index (χ4v) is 2.39. The van der Waals surface area contributed by atoms with Crippen molar-refractivity contribution >= 4 is 44.3 Å². The molecule has 0 fully saturated rings. The molecule has 0 amide bonds. The van der Waals surface area contributed by atoms with Crippen molar-refractivity contribution in [2.24, 2.45) is 0 Å². The molecule has 3 N–H and O–H groups in total. The van der Waals surface area contributed by atoms with Crippen LogP contribution in [0.3, 0.4) is 0 Å². The Morgan fingerprint density at radius 1 is 1.53 bits per heavy atom. The number of nitrogens with two attached hydrogens (primary N) is 1. The van der Waals surface area contributed by atoms with Crippen LogP contribution in [0.25, 0.3) is 11.3 Å². The van der Waals surface area contributed by atoms with Gasteiger partial charge >= 0.3 is 0 Å². The van der Waals surface area contributed by atoms with Gasteiger partial charge in [-0.3, -0.25) is 5.10 Å². The standard InChI is InChI=1S/C11H11BrIN3O/c1-2-17-8-4-3-6(12)5-7(8)10-9(13)11(14)16-15-10/h3-5H,2H2,1H3,(H3,14,15,16). The Labute approximate surface area is 121 Å². The van der Waals surface area contributed by atoms with Gasteiger partial charge in [-0.25, -0.2) is 0 Å². The second-order valence-corrected chi connectivity index (χ2v) is 5.37. The van der Waals surface area contributed by atoms with Crippen molar-refractivity contribution < 1.29 is 4.74 Å². The first-order chi connectivity index (χ1) is 8.13. The Morgan fingerprint density at radius 3 is 2.88 bits per heavy atom. The maximum atomic E-state index is 5.74. The van der Waals surface area contributed by atoms with Gasteiger partial charge in [0.25, 0.3) is 0 Å². The van der Waals surface area contributed by atoms with Crippen LogP contribution < -0.4 is 10.5 Å². The predicted octanol–water partition coefficient (Wildman–Crippen LogP) is 3.42. The van der Waals surface area contributed by atoms with Crippen molar-refractivity contribution in [3.05, 3.63) is 26.2 Å². The van der Waals surface area contributed by atoms with Crippen LogP contribution in [0.4, 0.5) is 5.82 Å². The van der Waals surface area contributed by atoms with Gasteiger partial charge in [0.05, 0.1) is 15.9 Å². The highest BCUT2D eigenvalue weighted by Crippen LogP contribution is 2.35. The molecule has 0 unspecified atom stereocenters. The highest BCUT2D eigenvalue weighted by atomic mass is 127. The van der Waals surface area contributed by atoms with E-state index in [2.05, 4.69) is 48.7 Å². The summed E-state index contributed by atoms with van der Waals surface area (Å²) in [5, 5.41) is 6.93. The molecule has 1 aromatic heterocycles. The molecular formula is C11H11BrIN3O. The van der Waals surface area contributed by atoms with Gasteiger partial charge < -0.3 is 10.5 Å². The lowest BCUT2D eigenvalue weighted by atomic mass is 10.1. The predicted molar refractivity (Wildman–Crippen MR) is 80.0 cm³/mol. The molecule has 0 atom stereocenters. The minimum atomic E-state index is 0.503. The van der Waals surface area contributed by atoms with Gasteiger partial charge in [0, 0.05) is 10.0 Å². The molecule has 2 aromatic rings. The lowest BCUT2D eigenvalue weighted by molar-refractivity contribution is 0.341. The third-order valence-corrected chi connectivity index (χ3v) is 3.83. The second-order valence-electron chi connectivity index (χ2n) is 3.37. The summed E-state index contributed by atoms with van der Waals surface area (Å²) in [6.07, 6.45) is 0. The third-order valence-electron chi connectivity index (χ3n) is 2.24. The van der Waals surface area contributed by atoms with Crippen molar-refractivity contribution in [2.45, 2.75) is 6.92 Å². The lowest BCUT2D eigenvalue weighted by Gasteiger charge is -2.09. The third kappa shape index (κ3) is 2.57. The molecule has 0 aliphatic rings. The van der Waals surface area contributed by atoms with Gasteiger partial charge in [0.1, 0.15) is 5.75 Å². The Morgan fingerprint density at radius 2 is 2.29 bits per heavy atom. The number of H-pyrrole nitrogens is 1. The maximum absolute atomic E-state index is 5.74. The normalized spacial score (nSPS) is 10.5. The zero-order chi connectivity index (χ0) is 12.4. The van der Waals surface area contributed by atoms with E-state index in [1.54, 1.807) is 0 Å². The number of aromatic amines is 1. The largest absolute Gasteiger partial charge is 0.493 e. The van der Waals surface area contributed by atoms with Crippen LogP contribution in [0.15, 0.2) is 22.7 Å². The molecule has 0 aliphatic carbocycles. The molecule has 1 heterocycles. The highest BCUT2D eigenvalue weighted by Gasteiger charge is 2.14. The number of nitrogens with zero attached hydrogens (tertiary/aromatic N) is 1. The van der Waals surface area contributed by atoms with Crippen LogP contribution >= 0.6 is 38.5 Å². The zero-order valence-corrected chi connectivity index (χ0v) is 12.9. The molecular weight excluding hydrogens is 397 g/mol. The van der Waals surface area contributed by atoms with E-state index < -0.39 is 0 Å².